The van der Waals surface area contributed by atoms with Crippen LogP contribution < -0.4 is 14.4 Å². The summed E-state index contributed by atoms with van der Waals surface area (Å²) in [6.07, 6.45) is 6.73. The van der Waals surface area contributed by atoms with Gasteiger partial charge in [0.05, 0.1) is 24.0 Å². The van der Waals surface area contributed by atoms with Gasteiger partial charge < -0.3 is 26.9 Å². The lowest BCUT2D eigenvalue weighted by atomic mass is 9.94. The molecule has 214 valence electrons. The summed E-state index contributed by atoms with van der Waals surface area (Å²) in [5.41, 5.74) is 2.13. The largest absolute Gasteiger partial charge is 0.673 e. The number of esters is 1. The number of anilines is 2. The number of benzene rings is 2. The second-order valence-electron chi connectivity index (χ2n) is 10.2. The Kier molecular flexibility index (Phi) is 8.22. The van der Waals surface area contributed by atoms with Crippen LogP contribution in [0.15, 0.2) is 61.2 Å². The summed E-state index contributed by atoms with van der Waals surface area (Å²) in [5.74, 6) is -0.417. The maximum absolute atomic E-state index is 13.8. The predicted octanol–water partition coefficient (Wildman–Crippen LogP) is 5.06. The van der Waals surface area contributed by atoms with Gasteiger partial charge >= 0.3 is 13.2 Å². The van der Waals surface area contributed by atoms with E-state index in [9.17, 15) is 31.2 Å². The van der Waals surface area contributed by atoms with Crippen LogP contribution >= 0.6 is 0 Å². The first-order valence-corrected chi connectivity index (χ1v) is 12.9. The van der Waals surface area contributed by atoms with E-state index in [1.165, 1.54) is 12.1 Å². The zero-order chi connectivity index (χ0) is 29.2. The number of hydrogen-bond donors (Lipinski definition) is 0. The van der Waals surface area contributed by atoms with E-state index in [-0.39, 0.29) is 18.3 Å². The van der Waals surface area contributed by atoms with Crippen molar-refractivity contribution < 1.29 is 40.5 Å². The van der Waals surface area contributed by atoms with E-state index in [0.717, 1.165) is 11.3 Å². The molecule has 0 N–H and O–H groups in total. The molecule has 2 aromatic carbocycles. The van der Waals surface area contributed by atoms with Crippen LogP contribution in [0, 0.1) is 11.7 Å². The van der Waals surface area contributed by atoms with Gasteiger partial charge in [-0.2, -0.15) is 0 Å². The minimum absolute atomic E-state index is 0.00664. The van der Waals surface area contributed by atoms with E-state index in [0.29, 0.717) is 43.1 Å². The third-order valence-electron chi connectivity index (χ3n) is 6.76. The van der Waals surface area contributed by atoms with E-state index in [2.05, 4.69) is 18.7 Å². The lowest BCUT2D eigenvalue weighted by Crippen LogP contribution is -2.53. The van der Waals surface area contributed by atoms with Gasteiger partial charge in [0.2, 0.25) is 12.2 Å². The number of hydrogen-bond acceptors (Lipinski definition) is 4. The van der Waals surface area contributed by atoms with Gasteiger partial charge in [0.25, 0.3) is 0 Å². The predicted molar refractivity (Wildman–Crippen MR) is 140 cm³/mol. The molecule has 40 heavy (non-hydrogen) atoms. The molecule has 2 aliphatic heterocycles. The Bertz CT molecular complexity index is 1370. The monoisotopic (exact) mass is 564 g/mol. The first-order chi connectivity index (χ1) is 18.8. The molecule has 5 rings (SSSR count). The lowest BCUT2D eigenvalue weighted by Gasteiger charge is -2.42. The average Bonchev–Trinajstić information content (AvgIpc) is 3.52. The fourth-order valence-corrected chi connectivity index (χ4v) is 5.28. The smallest absolute Gasteiger partial charge is 0.458 e. The molecule has 0 aliphatic carbocycles. The molecule has 3 heterocycles. The molecule has 7 nitrogen and oxygen atoms in total. The first-order valence-electron chi connectivity index (χ1n) is 12.9. The molecule has 1 amide bonds. The first kappa shape index (κ1) is 29.1. The van der Waals surface area contributed by atoms with Gasteiger partial charge in [0.15, 0.2) is 0 Å². The number of aryl methyl sites for hydroxylation is 1. The maximum Gasteiger partial charge on any atom is 0.673 e. The van der Waals surface area contributed by atoms with Crippen molar-refractivity contribution in [1.29, 1.82) is 0 Å². The Balaban J connectivity index is 0.000000681. The highest BCUT2D eigenvalue weighted by Gasteiger charge is 2.57. The third-order valence-corrected chi connectivity index (χ3v) is 6.76. The molecule has 13 heteroatoms. The molecule has 1 fully saturated rings. The highest BCUT2D eigenvalue weighted by atomic mass is 19.5. The summed E-state index contributed by atoms with van der Waals surface area (Å²) in [5, 5.41) is 0. The second kappa shape index (κ2) is 11.3. The van der Waals surface area contributed by atoms with Crippen molar-refractivity contribution in [3.8, 4) is 0 Å². The number of aromatic nitrogens is 2. The van der Waals surface area contributed by atoms with E-state index >= 15 is 0 Å². The van der Waals surface area contributed by atoms with Crippen LogP contribution in [0.4, 0.5) is 33.0 Å². The molecule has 1 saturated heterocycles. The molecule has 0 saturated carbocycles. The highest BCUT2D eigenvalue weighted by molar-refractivity contribution is 6.50. The number of rotatable bonds is 7. The average molecular weight is 564 g/mol. The van der Waals surface area contributed by atoms with Crippen LogP contribution in [0.25, 0.3) is 0 Å². The van der Waals surface area contributed by atoms with E-state index in [4.69, 9.17) is 4.74 Å². The Morgan fingerprint density at radius 2 is 1.77 bits per heavy atom. The molecule has 1 unspecified atom stereocenters. The normalized spacial score (nSPS) is 18.0. The summed E-state index contributed by atoms with van der Waals surface area (Å²) in [6, 6.07) is 11.8. The van der Waals surface area contributed by atoms with Crippen LogP contribution in [-0.2, 0) is 28.8 Å². The van der Waals surface area contributed by atoms with Gasteiger partial charge in [-0.1, -0.05) is 26.0 Å². The molecular weight excluding hydrogens is 534 g/mol. The van der Waals surface area contributed by atoms with Crippen LogP contribution in [0.1, 0.15) is 42.6 Å². The number of imidazole rings is 1. The Morgan fingerprint density at radius 1 is 1.10 bits per heavy atom. The fourth-order valence-electron chi connectivity index (χ4n) is 5.28. The van der Waals surface area contributed by atoms with Crippen LogP contribution in [-0.4, -0.2) is 36.8 Å². The molecule has 2 aliphatic rings. The quantitative estimate of drug-likeness (QED) is 0.174. The second-order valence-corrected chi connectivity index (χ2v) is 10.2. The summed E-state index contributed by atoms with van der Waals surface area (Å²) in [6.45, 7) is 5.78. The molecular formula is C27H30BF5N4O3. The zero-order valence-electron chi connectivity index (χ0n) is 22.4. The number of nitrogens with zero attached hydrogens (tertiary/aromatic N) is 4. The SMILES string of the molecule is CC(C)CN1c2ccc(C(=O)OCCn3cc[n+](C)c3)cc2N2C(=O)CCC12c1ccc(F)cc1.F[B-](F)(F)F. The van der Waals surface area contributed by atoms with Crippen LogP contribution in [0.2, 0.25) is 0 Å². The third kappa shape index (κ3) is 6.13. The summed E-state index contributed by atoms with van der Waals surface area (Å²) >= 11 is 0. The number of halogens is 5. The van der Waals surface area contributed by atoms with E-state index in [1.54, 1.807) is 29.2 Å². The van der Waals surface area contributed by atoms with Gasteiger partial charge in [-0.05, 0) is 41.8 Å². The standard InChI is InChI=1S/C27H30FN4O3.BF4/c1-19(2)17-31-23-9-4-20(26(34)35-15-14-30-13-12-29(3)18-30)16-24(23)32-25(33)10-11-27(31,32)21-5-7-22(28)8-6-21;2-1(3,4)5/h4-9,12-13,16,18-19H,10-11,14-15,17H2,1-3H3;/q+1;-1. The Morgan fingerprint density at radius 3 is 2.38 bits per heavy atom. The van der Waals surface area contributed by atoms with Gasteiger partial charge in [-0.15, -0.1) is 0 Å². The van der Waals surface area contributed by atoms with Crippen LogP contribution in [0.3, 0.4) is 0 Å². The van der Waals surface area contributed by atoms with Crippen molar-refractivity contribution in [2.24, 2.45) is 13.0 Å². The number of carbonyl (C=O) groups is 2. The maximum atomic E-state index is 13.8. The zero-order valence-corrected chi connectivity index (χ0v) is 22.4. The molecule has 1 aromatic heterocycles. The number of fused-ring (bicyclic) bond motifs is 3. The number of ether oxygens (including phenoxy) is 1. The molecule has 0 spiro atoms. The minimum Gasteiger partial charge on any atom is -0.458 e. The van der Waals surface area contributed by atoms with E-state index in [1.807, 2.05) is 41.0 Å². The van der Waals surface area contributed by atoms with Gasteiger partial charge in [-0.3, -0.25) is 9.69 Å². The summed E-state index contributed by atoms with van der Waals surface area (Å²) in [4.78, 5) is 30.1. The minimum atomic E-state index is -6.00. The fraction of sp³-hybridized carbons (Fsp3) is 0.370. The van der Waals surface area contributed by atoms with Crippen molar-refractivity contribution in [2.75, 3.05) is 23.0 Å². The number of amides is 1. The lowest BCUT2D eigenvalue weighted by molar-refractivity contribution is -0.671. The van der Waals surface area contributed by atoms with Crippen molar-refractivity contribution in [3.63, 3.8) is 0 Å². The van der Waals surface area contributed by atoms with Gasteiger partial charge in [-0.25, -0.2) is 18.3 Å². The molecule has 0 bridgehead atoms. The molecule has 3 aromatic rings. The van der Waals surface area contributed by atoms with Crippen molar-refractivity contribution >= 4 is 30.5 Å². The van der Waals surface area contributed by atoms with Gasteiger partial charge in [0, 0.05) is 19.4 Å². The summed E-state index contributed by atoms with van der Waals surface area (Å²) < 4.78 is 62.2. The van der Waals surface area contributed by atoms with Gasteiger partial charge in [0.1, 0.15) is 37.0 Å². The van der Waals surface area contributed by atoms with Crippen molar-refractivity contribution in [1.82, 2.24) is 4.57 Å². The Hall–Kier alpha value is -3.90. The molecule has 1 atom stereocenters. The Labute approximate surface area is 228 Å². The topological polar surface area (TPSA) is 58.7 Å². The highest BCUT2D eigenvalue weighted by Crippen LogP contribution is 2.56. The van der Waals surface area contributed by atoms with E-state index < -0.39 is 18.9 Å². The number of carbonyl (C=O) groups excluding carboxylic acids is 2. The summed E-state index contributed by atoms with van der Waals surface area (Å²) in [7, 11) is -4.07. The van der Waals surface area contributed by atoms with Crippen molar-refractivity contribution in [3.05, 3.63) is 78.1 Å². The van der Waals surface area contributed by atoms with Crippen molar-refractivity contribution in [2.45, 2.75) is 38.9 Å². The molecule has 0 radical (unpaired) electrons. The van der Waals surface area contributed by atoms with Crippen LogP contribution in [0.5, 0.6) is 0 Å².